The first-order valence-electron chi connectivity index (χ1n) is 7.62. The summed E-state index contributed by atoms with van der Waals surface area (Å²) < 4.78 is 5.64. The molecular formula is C16H23N3O2. The Balaban J connectivity index is 1.79. The second-order valence-electron chi connectivity index (χ2n) is 5.78. The van der Waals surface area contributed by atoms with Crippen LogP contribution in [-0.4, -0.2) is 68.2 Å². The summed E-state index contributed by atoms with van der Waals surface area (Å²) in [5.41, 5.74) is 1.20. The van der Waals surface area contributed by atoms with Crippen molar-refractivity contribution >= 4 is 5.91 Å². The number of ether oxygens (including phenoxy) is 1. The zero-order valence-electron chi connectivity index (χ0n) is 12.5. The second kappa shape index (κ2) is 6.56. The van der Waals surface area contributed by atoms with Crippen LogP contribution in [-0.2, 0) is 9.53 Å². The van der Waals surface area contributed by atoms with Crippen molar-refractivity contribution in [2.75, 3.05) is 46.4 Å². The molecule has 2 unspecified atom stereocenters. The number of carbonyl (C=O) groups excluding carboxylic acids is 1. The third kappa shape index (κ3) is 3.26. The summed E-state index contributed by atoms with van der Waals surface area (Å²) in [6, 6.07) is 10.4. The van der Waals surface area contributed by atoms with Gasteiger partial charge in [-0.25, -0.2) is 0 Å². The van der Waals surface area contributed by atoms with Gasteiger partial charge >= 0.3 is 0 Å². The molecule has 1 aromatic carbocycles. The average molecular weight is 289 g/mol. The lowest BCUT2D eigenvalue weighted by Crippen LogP contribution is -2.55. The lowest BCUT2D eigenvalue weighted by atomic mass is 10.0. The molecule has 5 heteroatoms. The summed E-state index contributed by atoms with van der Waals surface area (Å²) in [6.07, 6.45) is -0.339. The van der Waals surface area contributed by atoms with Crippen LogP contribution in [0.3, 0.4) is 0 Å². The van der Waals surface area contributed by atoms with Gasteiger partial charge in [-0.15, -0.1) is 0 Å². The number of morpholine rings is 1. The van der Waals surface area contributed by atoms with Crippen LogP contribution in [0.2, 0.25) is 0 Å². The molecule has 3 rings (SSSR count). The Hall–Kier alpha value is -1.43. The van der Waals surface area contributed by atoms with Crippen molar-refractivity contribution in [1.29, 1.82) is 0 Å². The zero-order valence-corrected chi connectivity index (χ0v) is 12.5. The molecule has 0 radical (unpaired) electrons. The van der Waals surface area contributed by atoms with Crippen molar-refractivity contribution in [2.24, 2.45) is 0 Å². The molecule has 1 aromatic rings. The molecule has 114 valence electrons. The van der Waals surface area contributed by atoms with Crippen LogP contribution in [0.4, 0.5) is 0 Å². The Labute approximate surface area is 125 Å². The largest absolute Gasteiger partial charge is 0.366 e. The first kappa shape index (κ1) is 14.5. The molecule has 2 saturated heterocycles. The first-order valence-corrected chi connectivity index (χ1v) is 7.62. The highest BCUT2D eigenvalue weighted by Crippen LogP contribution is 2.26. The predicted octanol–water partition coefficient (Wildman–Crippen LogP) is 0.490. The van der Waals surface area contributed by atoms with Crippen LogP contribution in [0.25, 0.3) is 0 Å². The van der Waals surface area contributed by atoms with E-state index in [1.54, 1.807) is 0 Å². The summed E-state index contributed by atoms with van der Waals surface area (Å²) in [5, 5.41) is 3.24. The molecule has 2 aliphatic heterocycles. The van der Waals surface area contributed by atoms with E-state index in [1.165, 1.54) is 5.56 Å². The van der Waals surface area contributed by atoms with E-state index in [-0.39, 0.29) is 18.1 Å². The topological polar surface area (TPSA) is 44.8 Å². The molecule has 0 aromatic heterocycles. The van der Waals surface area contributed by atoms with Crippen molar-refractivity contribution < 1.29 is 9.53 Å². The van der Waals surface area contributed by atoms with Gasteiger partial charge in [-0.1, -0.05) is 30.3 Å². The third-order valence-electron chi connectivity index (χ3n) is 4.25. The number of hydrogen-bond acceptors (Lipinski definition) is 4. The van der Waals surface area contributed by atoms with Crippen LogP contribution >= 0.6 is 0 Å². The standard InChI is InChI=1S/C16H23N3O2/c1-18-8-9-19(16(20)15-11-17-7-10-21-15)14(12-18)13-5-3-2-4-6-13/h2-6,14-15,17H,7-12H2,1H3. The van der Waals surface area contributed by atoms with Gasteiger partial charge in [0.2, 0.25) is 0 Å². The van der Waals surface area contributed by atoms with Gasteiger partial charge < -0.3 is 19.9 Å². The van der Waals surface area contributed by atoms with Crippen molar-refractivity contribution in [3.63, 3.8) is 0 Å². The first-order chi connectivity index (χ1) is 10.3. The summed E-state index contributed by atoms with van der Waals surface area (Å²) >= 11 is 0. The highest BCUT2D eigenvalue weighted by Gasteiger charge is 2.34. The highest BCUT2D eigenvalue weighted by molar-refractivity contribution is 5.82. The number of benzene rings is 1. The summed E-state index contributed by atoms with van der Waals surface area (Å²) in [6.45, 7) is 4.60. The quantitative estimate of drug-likeness (QED) is 0.861. The number of likely N-dealkylation sites (N-methyl/N-ethyl adjacent to an activating group) is 1. The van der Waals surface area contributed by atoms with Crippen LogP contribution in [0.5, 0.6) is 0 Å². The summed E-state index contributed by atoms with van der Waals surface area (Å²) in [4.78, 5) is 17.1. The number of piperazine rings is 1. The van der Waals surface area contributed by atoms with Crippen molar-refractivity contribution in [1.82, 2.24) is 15.1 Å². The second-order valence-corrected chi connectivity index (χ2v) is 5.78. The Morgan fingerprint density at radius 3 is 2.81 bits per heavy atom. The summed E-state index contributed by atoms with van der Waals surface area (Å²) in [5.74, 6) is 0.115. The Bertz CT molecular complexity index is 474. The maximum atomic E-state index is 12.8. The van der Waals surface area contributed by atoms with Crippen molar-refractivity contribution in [3.05, 3.63) is 35.9 Å². The van der Waals surface area contributed by atoms with E-state index in [4.69, 9.17) is 4.74 Å². The van der Waals surface area contributed by atoms with E-state index in [0.29, 0.717) is 13.2 Å². The molecule has 5 nitrogen and oxygen atoms in total. The van der Waals surface area contributed by atoms with E-state index in [1.807, 2.05) is 23.1 Å². The van der Waals surface area contributed by atoms with Gasteiger partial charge in [-0.05, 0) is 12.6 Å². The van der Waals surface area contributed by atoms with Gasteiger partial charge in [-0.3, -0.25) is 4.79 Å². The molecular weight excluding hydrogens is 266 g/mol. The number of rotatable bonds is 2. The maximum absolute atomic E-state index is 12.8. The van der Waals surface area contributed by atoms with Gasteiger partial charge in [0.1, 0.15) is 6.10 Å². The Morgan fingerprint density at radius 2 is 2.10 bits per heavy atom. The predicted molar refractivity (Wildman–Crippen MR) is 81.0 cm³/mol. The van der Waals surface area contributed by atoms with Gasteiger partial charge in [0, 0.05) is 32.7 Å². The van der Waals surface area contributed by atoms with Crippen LogP contribution in [0.15, 0.2) is 30.3 Å². The van der Waals surface area contributed by atoms with Crippen molar-refractivity contribution in [3.8, 4) is 0 Å². The minimum absolute atomic E-state index is 0.114. The van der Waals surface area contributed by atoms with Gasteiger partial charge in [-0.2, -0.15) is 0 Å². The average Bonchev–Trinajstić information content (AvgIpc) is 2.56. The molecule has 21 heavy (non-hydrogen) atoms. The lowest BCUT2D eigenvalue weighted by Gasteiger charge is -2.42. The van der Waals surface area contributed by atoms with E-state index >= 15 is 0 Å². The normalized spacial score (nSPS) is 27.6. The van der Waals surface area contributed by atoms with E-state index < -0.39 is 0 Å². The van der Waals surface area contributed by atoms with E-state index in [0.717, 1.165) is 26.2 Å². The molecule has 0 bridgehead atoms. The number of carbonyl (C=O) groups is 1. The smallest absolute Gasteiger partial charge is 0.253 e. The van der Waals surface area contributed by atoms with Crippen LogP contribution in [0.1, 0.15) is 11.6 Å². The molecule has 0 spiro atoms. The van der Waals surface area contributed by atoms with Gasteiger partial charge in [0.15, 0.2) is 0 Å². The maximum Gasteiger partial charge on any atom is 0.253 e. The fraction of sp³-hybridized carbons (Fsp3) is 0.562. The number of amides is 1. The van der Waals surface area contributed by atoms with Gasteiger partial charge in [0.05, 0.1) is 12.6 Å². The minimum atomic E-state index is -0.339. The SMILES string of the molecule is CN1CCN(C(=O)C2CNCCO2)C(c2ccccc2)C1. The highest BCUT2D eigenvalue weighted by atomic mass is 16.5. The monoisotopic (exact) mass is 289 g/mol. The third-order valence-corrected chi connectivity index (χ3v) is 4.25. The van der Waals surface area contributed by atoms with Crippen molar-refractivity contribution in [2.45, 2.75) is 12.1 Å². The van der Waals surface area contributed by atoms with E-state index in [2.05, 4.69) is 29.4 Å². The van der Waals surface area contributed by atoms with E-state index in [9.17, 15) is 4.79 Å². The summed E-state index contributed by atoms with van der Waals surface area (Å²) in [7, 11) is 2.11. The van der Waals surface area contributed by atoms with Crippen LogP contribution < -0.4 is 5.32 Å². The van der Waals surface area contributed by atoms with Gasteiger partial charge in [0.25, 0.3) is 5.91 Å². The molecule has 2 atom stereocenters. The molecule has 2 fully saturated rings. The zero-order chi connectivity index (χ0) is 14.7. The lowest BCUT2D eigenvalue weighted by molar-refractivity contribution is -0.150. The Morgan fingerprint density at radius 1 is 1.29 bits per heavy atom. The molecule has 1 amide bonds. The fourth-order valence-corrected chi connectivity index (χ4v) is 3.05. The molecule has 2 heterocycles. The van der Waals surface area contributed by atoms with Crippen LogP contribution in [0, 0.1) is 0 Å². The Kier molecular flexibility index (Phi) is 4.53. The molecule has 0 aliphatic carbocycles. The number of nitrogens with one attached hydrogen (secondary N) is 1. The fourth-order valence-electron chi connectivity index (χ4n) is 3.05. The molecule has 1 N–H and O–H groups in total. The number of nitrogens with zero attached hydrogens (tertiary/aromatic N) is 2. The number of hydrogen-bond donors (Lipinski definition) is 1. The molecule has 0 saturated carbocycles. The molecule has 2 aliphatic rings. The minimum Gasteiger partial charge on any atom is -0.366 e.